The van der Waals surface area contributed by atoms with E-state index in [1.807, 2.05) is 19.2 Å². The molecule has 0 fully saturated rings. The highest BCUT2D eigenvalue weighted by Crippen LogP contribution is 2.27. The highest BCUT2D eigenvalue weighted by atomic mass is 32.2. The zero-order chi connectivity index (χ0) is 20.1. The molecule has 1 amide bonds. The summed E-state index contributed by atoms with van der Waals surface area (Å²) in [5.41, 5.74) is -1.09. The minimum Gasteiger partial charge on any atom is -0.348 e. The lowest BCUT2D eigenvalue weighted by atomic mass is 10.1. The quantitative estimate of drug-likeness (QED) is 0.444. The van der Waals surface area contributed by atoms with E-state index in [4.69, 9.17) is 4.55 Å². The normalized spacial score (nSPS) is 10.3. The molecular weight excluding hydrogens is 410 g/mol. The fourth-order valence-corrected chi connectivity index (χ4v) is 2.54. The molecule has 0 aromatic heterocycles. The van der Waals surface area contributed by atoms with E-state index in [1.165, 1.54) is 0 Å². The molecule has 5 nitrogen and oxygen atoms in total. The molecule has 0 heterocycles. The number of amides is 1. The highest BCUT2D eigenvalue weighted by Gasteiger charge is 2.34. The minimum absolute atomic E-state index is 0. The molecule has 0 saturated heterocycles. The Morgan fingerprint density at radius 3 is 1.81 bits per heavy atom. The molecule has 0 unspecified atom stereocenters. The molecular formula is C16H17F4NO4S2. The van der Waals surface area contributed by atoms with Crippen molar-refractivity contribution in [3.63, 3.8) is 0 Å². The monoisotopic (exact) mass is 427 g/mol. The number of rotatable bonds is 4. The van der Waals surface area contributed by atoms with Crippen LogP contribution in [0.1, 0.15) is 29.8 Å². The topological polar surface area (TPSA) is 83.5 Å². The first kappa shape index (κ1) is 24.9. The largest absolute Gasteiger partial charge is 0.348 e. The summed E-state index contributed by atoms with van der Waals surface area (Å²) in [5.74, 6) is -10.7. The van der Waals surface area contributed by atoms with Gasteiger partial charge in [-0.15, -0.1) is 0 Å². The van der Waals surface area contributed by atoms with Crippen molar-refractivity contribution >= 4 is 29.5 Å². The number of hydrogen-bond acceptors (Lipinski definition) is 3. The summed E-state index contributed by atoms with van der Waals surface area (Å²) < 4.78 is 85.1. The van der Waals surface area contributed by atoms with Gasteiger partial charge >= 0.3 is 10.1 Å². The van der Waals surface area contributed by atoms with Gasteiger partial charge in [-0.1, -0.05) is 44.2 Å². The van der Waals surface area contributed by atoms with E-state index >= 15 is 0 Å². The van der Waals surface area contributed by atoms with Gasteiger partial charge in [0.15, 0.2) is 28.2 Å². The Kier molecular flexibility index (Phi) is 9.48. The van der Waals surface area contributed by atoms with Crippen LogP contribution in [0.3, 0.4) is 0 Å². The van der Waals surface area contributed by atoms with Gasteiger partial charge in [0.2, 0.25) is 0 Å². The van der Waals surface area contributed by atoms with Crippen molar-refractivity contribution in [2.45, 2.75) is 25.3 Å². The van der Waals surface area contributed by atoms with E-state index in [0.717, 1.165) is 0 Å². The first-order valence-electron chi connectivity index (χ1n) is 7.30. The van der Waals surface area contributed by atoms with Crippen molar-refractivity contribution in [3.05, 3.63) is 64.7 Å². The number of halogens is 4. The second-order valence-corrected chi connectivity index (χ2v) is 5.96. The van der Waals surface area contributed by atoms with Crippen LogP contribution in [-0.2, 0) is 16.7 Å². The zero-order valence-corrected chi connectivity index (χ0v) is 16.0. The molecule has 0 aliphatic rings. The van der Waals surface area contributed by atoms with Crippen LogP contribution in [0.25, 0.3) is 0 Å². The molecule has 27 heavy (non-hydrogen) atoms. The first-order valence-corrected chi connectivity index (χ1v) is 8.74. The van der Waals surface area contributed by atoms with Crippen LogP contribution >= 0.6 is 13.5 Å². The number of nitrogens with one attached hydrogen (secondary N) is 1. The molecule has 0 saturated carbocycles. The Morgan fingerprint density at radius 1 is 0.963 bits per heavy atom. The fourth-order valence-electron chi connectivity index (χ4n) is 1.90. The molecule has 2 aromatic carbocycles. The van der Waals surface area contributed by atoms with Crippen molar-refractivity contribution < 1.29 is 35.3 Å². The van der Waals surface area contributed by atoms with Gasteiger partial charge in [0.1, 0.15) is 5.56 Å². The summed E-state index contributed by atoms with van der Waals surface area (Å²) in [6.45, 7) is 3.81. The van der Waals surface area contributed by atoms with Gasteiger partial charge in [-0.05, 0) is 5.56 Å². The van der Waals surface area contributed by atoms with Gasteiger partial charge < -0.3 is 5.32 Å². The van der Waals surface area contributed by atoms with Crippen LogP contribution in [0.5, 0.6) is 0 Å². The molecule has 2 N–H and O–H groups in total. The van der Waals surface area contributed by atoms with Gasteiger partial charge in [-0.25, -0.2) is 17.6 Å². The molecule has 150 valence electrons. The molecule has 0 aliphatic carbocycles. The van der Waals surface area contributed by atoms with Gasteiger partial charge in [-0.3, -0.25) is 9.35 Å². The maximum absolute atomic E-state index is 13.8. The molecule has 0 radical (unpaired) electrons. The van der Waals surface area contributed by atoms with Crippen molar-refractivity contribution in [2.24, 2.45) is 0 Å². The maximum Gasteiger partial charge on any atom is 0.300 e. The third-order valence-corrected chi connectivity index (χ3v) is 3.88. The fraction of sp³-hybridized carbons (Fsp3) is 0.188. The third kappa shape index (κ3) is 5.68. The van der Waals surface area contributed by atoms with E-state index in [9.17, 15) is 30.8 Å². The van der Waals surface area contributed by atoms with Crippen molar-refractivity contribution in [1.82, 2.24) is 5.32 Å². The van der Waals surface area contributed by atoms with Crippen molar-refractivity contribution in [1.29, 1.82) is 0 Å². The lowest BCUT2D eigenvalue weighted by Gasteiger charge is -2.11. The lowest BCUT2D eigenvalue weighted by molar-refractivity contribution is 0.0939. The Morgan fingerprint density at radius 2 is 1.41 bits per heavy atom. The predicted molar refractivity (Wildman–Crippen MR) is 95.4 cm³/mol. The van der Waals surface area contributed by atoms with Crippen LogP contribution in [0, 0.1) is 23.3 Å². The number of carbonyl (C=O) groups excluding carboxylic acids is 1. The Labute approximate surface area is 160 Å². The standard InChI is InChI=1S/C14H9F4NO4S.C2H6.H2S/c15-9-8(14(20)19-6-7-4-2-1-3-5-7)10(16)12(18)13(11(9)17)24(21,22)23;1-2;/h1-5H,6H2,(H,19,20)(H,21,22,23);1-2H3;1H2. The summed E-state index contributed by atoms with van der Waals surface area (Å²) in [7, 11) is -5.57. The minimum atomic E-state index is -5.57. The molecule has 2 rings (SSSR count). The van der Waals surface area contributed by atoms with Crippen LogP contribution < -0.4 is 5.32 Å². The summed E-state index contributed by atoms with van der Waals surface area (Å²) >= 11 is 0. The third-order valence-electron chi connectivity index (χ3n) is 3.00. The van der Waals surface area contributed by atoms with Gasteiger partial charge in [0, 0.05) is 6.54 Å². The van der Waals surface area contributed by atoms with Crippen molar-refractivity contribution in [2.75, 3.05) is 0 Å². The predicted octanol–water partition coefficient (Wildman–Crippen LogP) is 3.56. The number of hydrogen-bond donors (Lipinski definition) is 2. The average molecular weight is 427 g/mol. The lowest BCUT2D eigenvalue weighted by Crippen LogP contribution is -2.27. The molecule has 0 bridgehead atoms. The van der Waals surface area contributed by atoms with Crippen LogP contribution in [0.4, 0.5) is 17.6 Å². The summed E-state index contributed by atoms with van der Waals surface area (Å²) in [5, 5.41) is 2.05. The average Bonchev–Trinajstić information content (AvgIpc) is 2.60. The SMILES string of the molecule is CC.O=C(NCc1ccccc1)c1c(F)c(F)c(S(=O)(=O)O)c(F)c1F.S. The number of benzene rings is 2. The summed E-state index contributed by atoms with van der Waals surface area (Å²) in [4.78, 5) is 9.59. The first-order chi connectivity index (χ1) is 12.1. The van der Waals surface area contributed by atoms with Gasteiger partial charge in [0.25, 0.3) is 5.91 Å². The van der Waals surface area contributed by atoms with E-state index in [1.54, 1.807) is 30.3 Å². The summed E-state index contributed by atoms with van der Waals surface area (Å²) in [6, 6.07) is 8.10. The van der Waals surface area contributed by atoms with Crippen LogP contribution in [-0.4, -0.2) is 18.9 Å². The molecule has 11 heteroatoms. The Hall–Kier alpha value is -2.11. The van der Waals surface area contributed by atoms with E-state index in [2.05, 4.69) is 0 Å². The second kappa shape index (κ2) is 10.3. The molecule has 0 spiro atoms. The maximum atomic E-state index is 13.8. The molecule has 0 aliphatic heterocycles. The summed E-state index contributed by atoms with van der Waals surface area (Å²) in [6.07, 6.45) is 0. The van der Waals surface area contributed by atoms with E-state index in [-0.39, 0.29) is 20.0 Å². The van der Waals surface area contributed by atoms with E-state index < -0.39 is 49.8 Å². The molecule has 0 atom stereocenters. The Bertz CT molecular complexity index is 877. The van der Waals surface area contributed by atoms with E-state index in [0.29, 0.717) is 5.56 Å². The van der Waals surface area contributed by atoms with Gasteiger partial charge in [-0.2, -0.15) is 21.9 Å². The highest BCUT2D eigenvalue weighted by molar-refractivity contribution is 7.85. The number of carbonyl (C=O) groups is 1. The van der Waals surface area contributed by atoms with Crippen molar-refractivity contribution in [3.8, 4) is 0 Å². The van der Waals surface area contributed by atoms with Gasteiger partial charge in [0.05, 0.1) is 0 Å². The Balaban J connectivity index is 0.00000218. The van der Waals surface area contributed by atoms with Crippen LogP contribution in [0.15, 0.2) is 35.2 Å². The second-order valence-electron chi connectivity index (χ2n) is 4.60. The molecule has 2 aromatic rings. The zero-order valence-electron chi connectivity index (χ0n) is 14.2. The van der Waals surface area contributed by atoms with Crippen LogP contribution in [0.2, 0.25) is 0 Å². The smallest absolute Gasteiger partial charge is 0.300 e.